The van der Waals surface area contributed by atoms with E-state index in [1.54, 1.807) is 13.3 Å². The molecule has 0 spiro atoms. The summed E-state index contributed by atoms with van der Waals surface area (Å²) in [5, 5.41) is 3.33. The van der Waals surface area contributed by atoms with Gasteiger partial charge in [0.25, 0.3) is 0 Å². The Balaban J connectivity index is 1.98. The number of methoxy groups -OCH3 is 1. The lowest BCUT2D eigenvalue weighted by Gasteiger charge is -2.26. The average molecular weight is 222 g/mol. The number of anilines is 1. The molecule has 1 fully saturated rings. The Bertz CT molecular complexity index is 349. The quantitative estimate of drug-likeness (QED) is 0.840. The molecule has 0 amide bonds. The van der Waals surface area contributed by atoms with Crippen molar-refractivity contribution < 1.29 is 9.47 Å². The van der Waals surface area contributed by atoms with Crippen molar-refractivity contribution in [3.8, 4) is 0 Å². The second-order valence-electron chi connectivity index (χ2n) is 4.21. The van der Waals surface area contributed by atoms with E-state index >= 15 is 0 Å². The molecule has 1 saturated heterocycles. The molecule has 2 heterocycles. The van der Waals surface area contributed by atoms with Crippen LogP contribution in [0.1, 0.15) is 12.0 Å². The fraction of sp³-hybridized carbons (Fsp3) is 0.583. The lowest BCUT2D eigenvalue weighted by molar-refractivity contribution is -0.00625. The van der Waals surface area contributed by atoms with Gasteiger partial charge in [0.1, 0.15) is 11.4 Å². The zero-order valence-electron chi connectivity index (χ0n) is 9.82. The molecular weight excluding hydrogens is 204 g/mol. The molecule has 0 radical (unpaired) electrons. The van der Waals surface area contributed by atoms with E-state index in [-0.39, 0.29) is 5.60 Å². The standard InChI is InChI=1S/C12H18N2O2/c1-10-4-3-6-13-11(10)14-8-12(15-2)5-7-16-9-12/h3-4,6H,5,7-9H2,1-2H3,(H,13,14). The summed E-state index contributed by atoms with van der Waals surface area (Å²) < 4.78 is 10.9. The molecule has 1 unspecified atom stereocenters. The van der Waals surface area contributed by atoms with Gasteiger partial charge in [0, 0.05) is 32.9 Å². The highest BCUT2D eigenvalue weighted by Gasteiger charge is 2.34. The molecule has 16 heavy (non-hydrogen) atoms. The Morgan fingerprint density at radius 2 is 2.50 bits per heavy atom. The van der Waals surface area contributed by atoms with E-state index in [4.69, 9.17) is 9.47 Å². The Labute approximate surface area is 96.0 Å². The van der Waals surface area contributed by atoms with Crippen molar-refractivity contribution >= 4 is 5.82 Å². The Morgan fingerprint density at radius 3 is 3.12 bits per heavy atom. The summed E-state index contributed by atoms with van der Waals surface area (Å²) >= 11 is 0. The lowest BCUT2D eigenvalue weighted by Crippen LogP contribution is -2.39. The molecule has 1 aliphatic heterocycles. The first-order valence-electron chi connectivity index (χ1n) is 5.54. The van der Waals surface area contributed by atoms with Gasteiger partial charge in [0.2, 0.25) is 0 Å². The first-order valence-corrected chi connectivity index (χ1v) is 5.54. The molecule has 1 N–H and O–H groups in total. The van der Waals surface area contributed by atoms with E-state index in [0.717, 1.165) is 31.0 Å². The zero-order valence-corrected chi connectivity index (χ0v) is 9.82. The Hall–Kier alpha value is -1.13. The van der Waals surface area contributed by atoms with Gasteiger partial charge in [0.15, 0.2) is 0 Å². The first-order chi connectivity index (χ1) is 7.76. The molecule has 0 aliphatic carbocycles. The van der Waals surface area contributed by atoms with Gasteiger partial charge in [-0.2, -0.15) is 0 Å². The third kappa shape index (κ3) is 2.33. The number of pyridine rings is 1. The normalized spacial score (nSPS) is 24.6. The van der Waals surface area contributed by atoms with Crippen LogP contribution in [-0.4, -0.2) is 37.5 Å². The summed E-state index contributed by atoms with van der Waals surface area (Å²) in [5.74, 6) is 0.922. The molecule has 4 heteroatoms. The summed E-state index contributed by atoms with van der Waals surface area (Å²) in [6.45, 7) is 4.21. The molecule has 1 aromatic rings. The van der Waals surface area contributed by atoms with E-state index in [1.165, 1.54) is 0 Å². The molecule has 0 saturated carbocycles. The van der Waals surface area contributed by atoms with Gasteiger partial charge in [0.05, 0.1) is 6.61 Å². The number of nitrogens with zero attached hydrogens (tertiary/aromatic N) is 1. The minimum Gasteiger partial charge on any atom is -0.378 e. The highest BCUT2D eigenvalue weighted by Crippen LogP contribution is 2.23. The molecule has 2 rings (SSSR count). The molecule has 4 nitrogen and oxygen atoms in total. The fourth-order valence-electron chi connectivity index (χ4n) is 1.88. The number of nitrogens with one attached hydrogen (secondary N) is 1. The molecular formula is C12H18N2O2. The number of rotatable bonds is 4. The van der Waals surface area contributed by atoms with Crippen molar-refractivity contribution in [2.45, 2.75) is 18.9 Å². The van der Waals surface area contributed by atoms with E-state index in [1.807, 2.05) is 19.1 Å². The van der Waals surface area contributed by atoms with Gasteiger partial charge in [-0.1, -0.05) is 6.07 Å². The molecule has 1 aromatic heterocycles. The summed E-state index contributed by atoms with van der Waals surface area (Å²) in [5.41, 5.74) is 0.955. The van der Waals surface area contributed by atoms with Crippen LogP contribution in [0.3, 0.4) is 0 Å². The largest absolute Gasteiger partial charge is 0.378 e. The van der Waals surface area contributed by atoms with Gasteiger partial charge in [-0.3, -0.25) is 0 Å². The van der Waals surface area contributed by atoms with Crippen LogP contribution in [0.25, 0.3) is 0 Å². The smallest absolute Gasteiger partial charge is 0.128 e. The van der Waals surface area contributed by atoms with Gasteiger partial charge in [-0.15, -0.1) is 0 Å². The second kappa shape index (κ2) is 4.80. The van der Waals surface area contributed by atoms with Crippen LogP contribution in [-0.2, 0) is 9.47 Å². The first kappa shape index (κ1) is 11.4. The highest BCUT2D eigenvalue weighted by atomic mass is 16.5. The highest BCUT2D eigenvalue weighted by molar-refractivity contribution is 5.42. The summed E-state index contributed by atoms with van der Waals surface area (Å²) in [4.78, 5) is 4.30. The van der Waals surface area contributed by atoms with Gasteiger partial charge in [-0.25, -0.2) is 4.98 Å². The SMILES string of the molecule is COC1(CNc2ncccc2C)CCOC1. The molecule has 0 aromatic carbocycles. The van der Waals surface area contributed by atoms with Crippen molar-refractivity contribution in [1.29, 1.82) is 0 Å². The molecule has 88 valence electrons. The van der Waals surface area contributed by atoms with Crippen molar-refractivity contribution in [3.05, 3.63) is 23.9 Å². The van der Waals surface area contributed by atoms with E-state index in [9.17, 15) is 0 Å². The third-order valence-electron chi connectivity index (χ3n) is 3.09. The van der Waals surface area contributed by atoms with E-state index < -0.39 is 0 Å². The fourth-order valence-corrected chi connectivity index (χ4v) is 1.88. The molecule has 1 aliphatic rings. The minimum atomic E-state index is -0.191. The maximum atomic E-state index is 5.55. The van der Waals surface area contributed by atoms with Gasteiger partial charge < -0.3 is 14.8 Å². The van der Waals surface area contributed by atoms with Crippen LogP contribution in [0, 0.1) is 6.92 Å². The maximum absolute atomic E-state index is 5.55. The van der Waals surface area contributed by atoms with E-state index in [2.05, 4.69) is 10.3 Å². The van der Waals surface area contributed by atoms with Crippen LogP contribution < -0.4 is 5.32 Å². The summed E-state index contributed by atoms with van der Waals surface area (Å²) in [6.07, 6.45) is 2.72. The number of aromatic nitrogens is 1. The predicted molar refractivity (Wildman–Crippen MR) is 62.6 cm³/mol. The van der Waals surface area contributed by atoms with Crippen LogP contribution in [0.4, 0.5) is 5.82 Å². The lowest BCUT2D eigenvalue weighted by atomic mass is 10.0. The predicted octanol–water partition coefficient (Wildman–Crippen LogP) is 1.61. The summed E-state index contributed by atoms with van der Waals surface area (Å²) in [6, 6.07) is 3.98. The van der Waals surface area contributed by atoms with Crippen molar-refractivity contribution in [1.82, 2.24) is 4.98 Å². The maximum Gasteiger partial charge on any atom is 0.128 e. The van der Waals surface area contributed by atoms with Crippen LogP contribution >= 0.6 is 0 Å². The third-order valence-corrected chi connectivity index (χ3v) is 3.09. The van der Waals surface area contributed by atoms with E-state index in [0.29, 0.717) is 6.61 Å². The van der Waals surface area contributed by atoms with Crippen molar-refractivity contribution in [2.75, 3.05) is 32.2 Å². The van der Waals surface area contributed by atoms with Crippen molar-refractivity contribution in [3.63, 3.8) is 0 Å². The molecule has 0 bridgehead atoms. The van der Waals surface area contributed by atoms with Crippen molar-refractivity contribution in [2.24, 2.45) is 0 Å². The Morgan fingerprint density at radius 1 is 1.62 bits per heavy atom. The molecule has 1 atom stereocenters. The zero-order chi connectivity index (χ0) is 11.4. The number of aryl methyl sites for hydroxylation is 1. The van der Waals surface area contributed by atoms with Crippen LogP contribution in [0.15, 0.2) is 18.3 Å². The van der Waals surface area contributed by atoms with Gasteiger partial charge >= 0.3 is 0 Å². The number of hydrogen-bond acceptors (Lipinski definition) is 4. The van der Waals surface area contributed by atoms with Crippen LogP contribution in [0.2, 0.25) is 0 Å². The average Bonchev–Trinajstić information content (AvgIpc) is 2.78. The Kier molecular flexibility index (Phi) is 3.41. The number of ether oxygens (including phenoxy) is 2. The monoisotopic (exact) mass is 222 g/mol. The topological polar surface area (TPSA) is 43.4 Å². The van der Waals surface area contributed by atoms with Gasteiger partial charge in [-0.05, 0) is 18.6 Å². The second-order valence-corrected chi connectivity index (χ2v) is 4.21. The summed E-state index contributed by atoms with van der Waals surface area (Å²) in [7, 11) is 1.74. The minimum absolute atomic E-state index is 0.191. The number of hydrogen-bond donors (Lipinski definition) is 1. The van der Waals surface area contributed by atoms with Crippen LogP contribution in [0.5, 0.6) is 0 Å².